The largest absolute Gasteiger partial charge is 0.467 e. The summed E-state index contributed by atoms with van der Waals surface area (Å²) in [5.74, 6) is -0.506. The Morgan fingerprint density at radius 3 is 2.79 bits per heavy atom. The van der Waals surface area contributed by atoms with E-state index < -0.39 is 12.8 Å². The minimum Gasteiger partial charge on any atom is -0.467 e. The second-order valence-electron chi connectivity index (χ2n) is 7.06. The van der Waals surface area contributed by atoms with Crippen LogP contribution in [0.1, 0.15) is 47.7 Å². The molecule has 0 spiro atoms. The van der Waals surface area contributed by atoms with Gasteiger partial charge in [-0.3, -0.25) is 14.5 Å². The first kappa shape index (κ1) is 21.3. The highest BCUT2D eigenvalue weighted by molar-refractivity contribution is 5.96. The average Bonchev–Trinajstić information content (AvgIpc) is 3.12. The fourth-order valence-corrected chi connectivity index (χ4v) is 2.96. The Hall–Kier alpha value is -2.46. The fourth-order valence-electron chi connectivity index (χ4n) is 2.96. The molecule has 7 nitrogen and oxygen atoms in total. The Morgan fingerprint density at radius 1 is 1.41 bits per heavy atom. The van der Waals surface area contributed by atoms with Gasteiger partial charge in [-0.05, 0) is 25.5 Å². The van der Waals surface area contributed by atoms with Crippen LogP contribution in [-0.2, 0) is 11.2 Å². The zero-order valence-electron chi connectivity index (χ0n) is 16.2. The highest BCUT2D eigenvalue weighted by Crippen LogP contribution is 2.22. The topological polar surface area (TPSA) is 78.3 Å². The number of hydrogen-bond donors (Lipinski definition) is 1. The first-order chi connectivity index (χ1) is 13.7. The minimum atomic E-state index is -4.48. The number of carbonyl (C=O) groups is 1. The van der Waals surface area contributed by atoms with Gasteiger partial charge in [0.15, 0.2) is 12.4 Å². The van der Waals surface area contributed by atoms with Crippen LogP contribution < -0.4 is 10.1 Å². The van der Waals surface area contributed by atoms with Crippen LogP contribution >= 0.6 is 0 Å². The van der Waals surface area contributed by atoms with Crippen molar-refractivity contribution in [1.82, 2.24) is 20.1 Å². The van der Waals surface area contributed by atoms with Gasteiger partial charge in [-0.25, -0.2) is 0 Å². The van der Waals surface area contributed by atoms with Gasteiger partial charge in [0, 0.05) is 37.8 Å². The molecule has 1 fully saturated rings. The predicted molar refractivity (Wildman–Crippen MR) is 98.0 cm³/mol. The average molecular weight is 412 g/mol. The van der Waals surface area contributed by atoms with Crippen molar-refractivity contribution in [3.8, 4) is 5.88 Å². The lowest BCUT2D eigenvalue weighted by molar-refractivity contribution is -0.154. The number of pyridine rings is 1. The highest BCUT2D eigenvalue weighted by Gasteiger charge is 2.29. The quantitative estimate of drug-likeness (QED) is 0.705. The number of nitrogens with one attached hydrogen (secondary N) is 1. The van der Waals surface area contributed by atoms with Gasteiger partial charge < -0.3 is 14.8 Å². The summed E-state index contributed by atoms with van der Waals surface area (Å²) in [6.07, 6.45) is -2.93. The van der Waals surface area contributed by atoms with Gasteiger partial charge in [-0.15, -0.1) is 5.10 Å². The van der Waals surface area contributed by atoms with Crippen molar-refractivity contribution in [3.63, 3.8) is 0 Å². The number of Topliss-reactive ketones (excluding diaryl/α,β-unsaturated/α-hetero) is 1. The molecule has 0 aromatic carbocycles. The molecule has 0 aliphatic carbocycles. The molecule has 1 saturated heterocycles. The normalized spacial score (nSPS) is 17.5. The molecule has 0 amide bonds. The van der Waals surface area contributed by atoms with E-state index in [2.05, 4.69) is 20.1 Å². The van der Waals surface area contributed by atoms with Gasteiger partial charge >= 0.3 is 6.18 Å². The first-order valence-corrected chi connectivity index (χ1v) is 9.32. The van der Waals surface area contributed by atoms with Gasteiger partial charge in [-0.2, -0.15) is 13.2 Å². The lowest BCUT2D eigenvalue weighted by Crippen LogP contribution is -2.33. The molecule has 0 radical (unpaired) electrons. The maximum absolute atomic E-state index is 12.7. The number of ether oxygens (including phenoxy) is 2. The van der Waals surface area contributed by atoms with Crippen molar-refractivity contribution < 1.29 is 27.4 Å². The number of halogens is 3. The number of rotatable bonds is 7. The van der Waals surface area contributed by atoms with Crippen molar-refractivity contribution in [1.29, 1.82) is 0 Å². The number of nitrogens with zero attached hydrogens (tertiary/aromatic N) is 3. The van der Waals surface area contributed by atoms with Gasteiger partial charge in [-0.1, -0.05) is 6.07 Å². The van der Waals surface area contributed by atoms with Crippen LogP contribution in [0.4, 0.5) is 13.2 Å². The molecule has 0 saturated carbocycles. The second kappa shape index (κ2) is 8.91. The molecule has 2 aromatic heterocycles. The van der Waals surface area contributed by atoms with E-state index in [1.54, 1.807) is 26.1 Å². The second-order valence-corrected chi connectivity index (χ2v) is 7.06. The van der Waals surface area contributed by atoms with Crippen LogP contribution in [0.5, 0.6) is 5.88 Å². The molecule has 10 heteroatoms. The van der Waals surface area contributed by atoms with Crippen LogP contribution in [-0.4, -0.2) is 53.0 Å². The third kappa shape index (κ3) is 5.77. The number of morpholine rings is 1. The number of alkyl halides is 3. The summed E-state index contributed by atoms with van der Waals surface area (Å²) in [4.78, 5) is 17.1. The van der Waals surface area contributed by atoms with E-state index in [4.69, 9.17) is 4.74 Å². The maximum Gasteiger partial charge on any atom is 0.422 e. The van der Waals surface area contributed by atoms with Crippen LogP contribution in [0.2, 0.25) is 0 Å². The zero-order valence-corrected chi connectivity index (χ0v) is 16.2. The molecule has 1 N–H and O–H groups in total. The smallest absolute Gasteiger partial charge is 0.422 e. The van der Waals surface area contributed by atoms with Crippen LogP contribution in [0, 0.1) is 0 Å². The third-order valence-electron chi connectivity index (χ3n) is 4.34. The van der Waals surface area contributed by atoms with Gasteiger partial charge in [0.1, 0.15) is 11.8 Å². The van der Waals surface area contributed by atoms with E-state index in [0.29, 0.717) is 18.7 Å². The summed E-state index contributed by atoms with van der Waals surface area (Å²) >= 11 is 0. The Morgan fingerprint density at radius 2 is 2.21 bits per heavy atom. The van der Waals surface area contributed by atoms with E-state index in [-0.39, 0.29) is 35.9 Å². The summed E-state index contributed by atoms with van der Waals surface area (Å²) < 4.78 is 48.8. The van der Waals surface area contributed by atoms with Crippen molar-refractivity contribution in [2.45, 2.75) is 38.6 Å². The molecule has 3 heterocycles. The number of ketones is 1. The van der Waals surface area contributed by atoms with Crippen molar-refractivity contribution >= 4 is 5.78 Å². The summed E-state index contributed by atoms with van der Waals surface area (Å²) in [5, 5.41) is 7.21. The van der Waals surface area contributed by atoms with Crippen LogP contribution in [0.15, 0.2) is 24.4 Å². The summed E-state index contributed by atoms with van der Waals surface area (Å²) in [5.41, 5.74) is 1.67. The number of hydrogen-bond acceptors (Lipinski definition) is 6. The lowest BCUT2D eigenvalue weighted by Gasteiger charge is -2.23. The third-order valence-corrected chi connectivity index (χ3v) is 4.34. The molecule has 1 atom stereocenters. The maximum atomic E-state index is 12.7. The highest BCUT2D eigenvalue weighted by atomic mass is 19.4. The molecule has 2 aromatic rings. The van der Waals surface area contributed by atoms with Gasteiger partial charge in [0.2, 0.25) is 5.88 Å². The number of carbonyl (C=O) groups excluding carboxylic acids is 1. The molecule has 158 valence electrons. The van der Waals surface area contributed by atoms with Crippen molar-refractivity contribution in [2.75, 3.05) is 26.3 Å². The van der Waals surface area contributed by atoms with Crippen molar-refractivity contribution in [3.05, 3.63) is 41.3 Å². The Kier molecular flexibility index (Phi) is 6.53. The minimum absolute atomic E-state index is 0.0498. The fraction of sp³-hybridized carbons (Fsp3) is 0.526. The molecule has 29 heavy (non-hydrogen) atoms. The molecular weight excluding hydrogens is 389 g/mol. The van der Waals surface area contributed by atoms with Gasteiger partial charge in [0.25, 0.3) is 0 Å². The van der Waals surface area contributed by atoms with Crippen LogP contribution in [0.3, 0.4) is 0 Å². The molecule has 0 bridgehead atoms. The summed E-state index contributed by atoms with van der Waals surface area (Å²) in [6, 6.07) is 4.65. The Labute approximate surface area is 166 Å². The van der Waals surface area contributed by atoms with E-state index in [1.807, 2.05) is 6.07 Å². The Bertz CT molecular complexity index is 828. The monoisotopic (exact) mass is 412 g/mol. The Balaban J connectivity index is 1.70. The van der Waals surface area contributed by atoms with E-state index >= 15 is 0 Å². The van der Waals surface area contributed by atoms with Crippen molar-refractivity contribution in [2.24, 2.45) is 0 Å². The molecule has 1 aliphatic heterocycles. The predicted octanol–water partition coefficient (Wildman–Crippen LogP) is 2.89. The molecule has 0 unspecified atom stereocenters. The SMILES string of the molecule is CC(C)n1nc(OCC(F)(F)F)cc1C(=O)Cc1ccc([C@H]2CNCCO2)nc1. The molecule has 1 aliphatic rings. The van der Waals surface area contributed by atoms with Crippen LogP contribution in [0.25, 0.3) is 0 Å². The summed E-state index contributed by atoms with van der Waals surface area (Å²) in [6.45, 7) is 4.21. The zero-order chi connectivity index (χ0) is 21.0. The van der Waals surface area contributed by atoms with E-state index in [1.165, 1.54) is 10.7 Å². The summed E-state index contributed by atoms with van der Waals surface area (Å²) in [7, 11) is 0. The molecular formula is C19H23F3N4O3. The lowest BCUT2D eigenvalue weighted by atomic mass is 10.1. The van der Waals surface area contributed by atoms with E-state index in [9.17, 15) is 18.0 Å². The first-order valence-electron chi connectivity index (χ1n) is 9.32. The molecule has 3 rings (SSSR count). The van der Waals surface area contributed by atoms with E-state index in [0.717, 1.165) is 12.2 Å². The standard InChI is InChI=1S/C19H23F3N4O3/c1-12(2)26-15(8-18(25-26)29-11-19(20,21)22)16(27)7-13-3-4-14(24-9-13)17-10-23-5-6-28-17/h3-4,8-9,12,17,23H,5-7,10-11H2,1-2H3/t17-/m1/s1. The number of aromatic nitrogens is 3. The van der Waals surface area contributed by atoms with Gasteiger partial charge in [0.05, 0.1) is 12.3 Å².